The smallest absolute Gasteiger partial charge is 0.134 e. The SMILES string of the molecule is C/C=C(/Br)N=CC(=N)N. The largest absolute Gasteiger partial charge is 0.383 e. The predicted octanol–water partition coefficient (Wildman–Crippen LogP) is 1.25. The summed E-state index contributed by atoms with van der Waals surface area (Å²) in [6.45, 7) is 1.83. The first kappa shape index (κ1) is 8.36. The van der Waals surface area contributed by atoms with Gasteiger partial charge in [-0.1, -0.05) is 6.08 Å². The zero-order valence-corrected chi connectivity index (χ0v) is 6.64. The summed E-state index contributed by atoms with van der Waals surface area (Å²) >= 11 is 3.12. The zero-order valence-electron chi connectivity index (χ0n) is 5.06. The topological polar surface area (TPSA) is 62.2 Å². The van der Waals surface area contributed by atoms with Crippen LogP contribution < -0.4 is 5.73 Å². The monoisotopic (exact) mass is 189 g/mol. The Bertz CT molecular complexity index is 160. The molecule has 0 fully saturated rings. The standard InChI is InChI=1S/C5H8BrN3/c1-2-4(6)9-3-5(7)8/h2-3H,1H3,(H3,7,8)/b4-2-,9-3?. The molecule has 0 aromatic rings. The van der Waals surface area contributed by atoms with Gasteiger partial charge in [0.2, 0.25) is 0 Å². The van der Waals surface area contributed by atoms with Gasteiger partial charge in [0.05, 0.1) is 6.21 Å². The quantitative estimate of drug-likeness (QED) is 0.384. The number of rotatable bonds is 2. The van der Waals surface area contributed by atoms with E-state index in [9.17, 15) is 0 Å². The summed E-state index contributed by atoms with van der Waals surface area (Å²) in [4.78, 5) is 3.75. The maximum Gasteiger partial charge on any atom is 0.134 e. The first-order valence-corrected chi connectivity index (χ1v) is 3.16. The Morgan fingerprint density at radius 1 is 1.78 bits per heavy atom. The van der Waals surface area contributed by atoms with E-state index in [1.165, 1.54) is 6.21 Å². The Morgan fingerprint density at radius 3 is 2.67 bits per heavy atom. The summed E-state index contributed by atoms with van der Waals surface area (Å²) in [7, 11) is 0. The molecule has 0 aliphatic carbocycles. The molecule has 0 saturated heterocycles. The van der Waals surface area contributed by atoms with Crippen LogP contribution in [0.4, 0.5) is 0 Å². The summed E-state index contributed by atoms with van der Waals surface area (Å²) in [6.07, 6.45) is 3.03. The Labute approximate surface area is 62.3 Å². The number of allylic oxidation sites excluding steroid dienone is 1. The Hall–Kier alpha value is -0.640. The maximum absolute atomic E-state index is 6.74. The van der Waals surface area contributed by atoms with Crippen molar-refractivity contribution >= 4 is 28.0 Å². The minimum absolute atomic E-state index is 0.0474. The number of nitrogens with two attached hydrogens (primary N) is 1. The normalized spacial score (nSPS) is 12.4. The molecule has 0 spiro atoms. The fourth-order valence-corrected chi connectivity index (χ4v) is 0.308. The van der Waals surface area contributed by atoms with E-state index in [0.717, 1.165) is 0 Å². The molecule has 0 radical (unpaired) electrons. The lowest BCUT2D eigenvalue weighted by Gasteiger charge is -1.84. The molecule has 3 N–H and O–H groups in total. The van der Waals surface area contributed by atoms with Crippen molar-refractivity contribution in [3.05, 3.63) is 10.7 Å². The average Bonchev–Trinajstić information content (AvgIpc) is 1.83. The Morgan fingerprint density at radius 2 is 2.33 bits per heavy atom. The van der Waals surface area contributed by atoms with Gasteiger partial charge in [-0.3, -0.25) is 5.41 Å². The minimum atomic E-state index is -0.0474. The lowest BCUT2D eigenvalue weighted by Crippen LogP contribution is -2.09. The molecule has 9 heavy (non-hydrogen) atoms. The fraction of sp³-hybridized carbons (Fsp3) is 0.200. The number of hydrogen-bond acceptors (Lipinski definition) is 2. The molecule has 50 valence electrons. The highest BCUT2D eigenvalue weighted by atomic mass is 79.9. The van der Waals surface area contributed by atoms with Crippen LogP contribution in [-0.4, -0.2) is 12.1 Å². The third kappa shape index (κ3) is 5.23. The number of nitrogens with one attached hydrogen (secondary N) is 1. The lowest BCUT2D eigenvalue weighted by molar-refractivity contribution is 1.47. The van der Waals surface area contributed by atoms with Crippen LogP contribution in [0.5, 0.6) is 0 Å². The Balaban J connectivity index is 3.86. The Kier molecular flexibility index (Phi) is 3.96. The van der Waals surface area contributed by atoms with E-state index in [-0.39, 0.29) is 5.84 Å². The van der Waals surface area contributed by atoms with E-state index in [2.05, 4.69) is 20.9 Å². The lowest BCUT2D eigenvalue weighted by atomic mass is 10.6. The highest BCUT2D eigenvalue weighted by Gasteiger charge is 1.80. The van der Waals surface area contributed by atoms with E-state index in [0.29, 0.717) is 4.61 Å². The third-order valence-electron chi connectivity index (χ3n) is 0.565. The number of nitrogens with zero attached hydrogens (tertiary/aromatic N) is 1. The summed E-state index contributed by atoms with van der Waals surface area (Å²) in [5, 5.41) is 6.74. The molecule has 0 aromatic heterocycles. The van der Waals surface area contributed by atoms with E-state index in [4.69, 9.17) is 11.1 Å². The molecule has 0 aliphatic heterocycles. The molecule has 0 amide bonds. The summed E-state index contributed by atoms with van der Waals surface area (Å²) in [5.74, 6) is -0.0474. The number of amidine groups is 1. The van der Waals surface area contributed by atoms with Gasteiger partial charge >= 0.3 is 0 Å². The molecule has 0 aromatic carbocycles. The van der Waals surface area contributed by atoms with Crippen LogP contribution in [-0.2, 0) is 0 Å². The van der Waals surface area contributed by atoms with Crippen LogP contribution >= 0.6 is 15.9 Å². The van der Waals surface area contributed by atoms with Crippen molar-refractivity contribution in [3.8, 4) is 0 Å². The van der Waals surface area contributed by atoms with E-state index >= 15 is 0 Å². The van der Waals surface area contributed by atoms with Crippen LogP contribution in [0.1, 0.15) is 6.92 Å². The van der Waals surface area contributed by atoms with Gasteiger partial charge in [0.15, 0.2) is 0 Å². The molecule has 0 unspecified atom stereocenters. The van der Waals surface area contributed by atoms with Gasteiger partial charge < -0.3 is 5.73 Å². The molecule has 4 heteroatoms. The van der Waals surface area contributed by atoms with E-state index in [1.54, 1.807) is 6.08 Å². The molecular formula is C5H8BrN3. The number of halogens is 1. The van der Waals surface area contributed by atoms with Crippen molar-refractivity contribution in [2.75, 3.05) is 0 Å². The molecule has 0 bridgehead atoms. The van der Waals surface area contributed by atoms with Gasteiger partial charge in [-0.05, 0) is 22.9 Å². The molecule has 0 atom stereocenters. The maximum atomic E-state index is 6.74. The summed E-state index contributed by atoms with van der Waals surface area (Å²) in [6, 6.07) is 0. The minimum Gasteiger partial charge on any atom is -0.383 e. The molecule has 0 rings (SSSR count). The van der Waals surface area contributed by atoms with Crippen LogP contribution in [0.3, 0.4) is 0 Å². The van der Waals surface area contributed by atoms with Crippen molar-refractivity contribution in [1.29, 1.82) is 5.41 Å². The molecule has 0 aliphatic rings. The molecule has 0 heterocycles. The number of aliphatic imine (C=N–C) groups is 1. The first-order valence-electron chi connectivity index (χ1n) is 2.36. The first-order chi connectivity index (χ1) is 4.16. The van der Waals surface area contributed by atoms with Crippen molar-refractivity contribution in [1.82, 2.24) is 0 Å². The zero-order chi connectivity index (χ0) is 7.28. The third-order valence-corrected chi connectivity index (χ3v) is 1.23. The number of hydrogen-bond donors (Lipinski definition) is 2. The van der Waals surface area contributed by atoms with E-state index in [1.807, 2.05) is 6.92 Å². The fourth-order valence-electron chi connectivity index (χ4n) is 0.206. The second kappa shape index (κ2) is 4.26. The molecule has 0 saturated carbocycles. The second-order valence-electron chi connectivity index (χ2n) is 1.32. The summed E-state index contributed by atoms with van der Waals surface area (Å²) in [5.41, 5.74) is 4.98. The predicted molar refractivity (Wildman–Crippen MR) is 43.1 cm³/mol. The van der Waals surface area contributed by atoms with Crippen molar-refractivity contribution in [2.24, 2.45) is 10.7 Å². The van der Waals surface area contributed by atoms with Gasteiger partial charge in [0.1, 0.15) is 10.4 Å². The highest BCUT2D eigenvalue weighted by molar-refractivity contribution is 9.11. The van der Waals surface area contributed by atoms with Gasteiger partial charge in [-0.15, -0.1) is 0 Å². The van der Waals surface area contributed by atoms with Crippen LogP contribution in [0, 0.1) is 5.41 Å². The van der Waals surface area contributed by atoms with Gasteiger partial charge in [0, 0.05) is 0 Å². The summed E-state index contributed by atoms with van der Waals surface area (Å²) < 4.78 is 0.678. The highest BCUT2D eigenvalue weighted by Crippen LogP contribution is 2.03. The average molecular weight is 190 g/mol. The molecule has 3 nitrogen and oxygen atoms in total. The van der Waals surface area contributed by atoms with E-state index < -0.39 is 0 Å². The van der Waals surface area contributed by atoms with Crippen LogP contribution in [0.15, 0.2) is 15.7 Å². The van der Waals surface area contributed by atoms with Gasteiger partial charge in [-0.2, -0.15) is 0 Å². The second-order valence-corrected chi connectivity index (χ2v) is 2.14. The molecular weight excluding hydrogens is 182 g/mol. The van der Waals surface area contributed by atoms with Crippen molar-refractivity contribution < 1.29 is 0 Å². The van der Waals surface area contributed by atoms with Gasteiger partial charge in [0.25, 0.3) is 0 Å². The van der Waals surface area contributed by atoms with Crippen LogP contribution in [0.25, 0.3) is 0 Å². The van der Waals surface area contributed by atoms with Crippen LogP contribution in [0.2, 0.25) is 0 Å². The van der Waals surface area contributed by atoms with Crippen molar-refractivity contribution in [3.63, 3.8) is 0 Å². The van der Waals surface area contributed by atoms with Crippen molar-refractivity contribution in [2.45, 2.75) is 6.92 Å². The van der Waals surface area contributed by atoms with Gasteiger partial charge in [-0.25, -0.2) is 4.99 Å².